The van der Waals surface area contributed by atoms with Gasteiger partial charge in [0, 0.05) is 24.3 Å². The minimum Gasteiger partial charge on any atom is -0.463 e. The summed E-state index contributed by atoms with van der Waals surface area (Å²) < 4.78 is 5.23. The van der Waals surface area contributed by atoms with Crippen molar-refractivity contribution >= 4 is 23.2 Å². The number of aromatic amines is 1. The highest BCUT2D eigenvalue weighted by atomic mass is 16.3. The molecule has 0 radical (unpaired) electrons. The highest BCUT2D eigenvalue weighted by Crippen LogP contribution is 2.23. The zero-order valence-corrected chi connectivity index (χ0v) is 14.4. The molecular weight excluding hydrogens is 346 g/mol. The Bertz CT molecular complexity index is 1040. The molecule has 0 spiro atoms. The monoisotopic (exact) mass is 363 g/mol. The minimum atomic E-state index is -0.507. The predicted molar refractivity (Wildman–Crippen MR) is 101 cm³/mol. The second-order valence-electron chi connectivity index (χ2n) is 6.24. The quantitative estimate of drug-likeness (QED) is 0.745. The second kappa shape index (κ2) is 6.95. The van der Waals surface area contributed by atoms with E-state index in [0.29, 0.717) is 30.1 Å². The molecule has 2 N–H and O–H groups in total. The van der Waals surface area contributed by atoms with E-state index in [1.54, 1.807) is 47.4 Å². The Kier molecular flexibility index (Phi) is 4.33. The van der Waals surface area contributed by atoms with Crippen LogP contribution in [0.1, 0.15) is 23.2 Å². The van der Waals surface area contributed by atoms with E-state index in [1.165, 1.54) is 12.3 Å². The molecule has 1 aromatic carbocycles. The topological polar surface area (TPSA) is 95.4 Å². The number of amides is 2. The van der Waals surface area contributed by atoms with Crippen LogP contribution in [0.15, 0.2) is 64.0 Å². The van der Waals surface area contributed by atoms with E-state index >= 15 is 0 Å². The Morgan fingerprint density at radius 2 is 1.89 bits per heavy atom. The van der Waals surface area contributed by atoms with Gasteiger partial charge in [0.05, 0.1) is 12.0 Å². The van der Waals surface area contributed by atoms with Crippen molar-refractivity contribution in [3.63, 3.8) is 0 Å². The number of H-pyrrole nitrogens is 1. The summed E-state index contributed by atoms with van der Waals surface area (Å²) in [4.78, 5) is 40.8. The zero-order chi connectivity index (χ0) is 18.8. The van der Waals surface area contributed by atoms with Gasteiger partial charge in [-0.25, -0.2) is 0 Å². The molecule has 0 aliphatic carbocycles. The third kappa shape index (κ3) is 3.39. The number of anilines is 2. The first kappa shape index (κ1) is 16.8. The molecule has 2 amide bonds. The van der Waals surface area contributed by atoms with Crippen molar-refractivity contribution < 1.29 is 14.0 Å². The first-order valence-electron chi connectivity index (χ1n) is 8.61. The molecule has 1 aliphatic heterocycles. The van der Waals surface area contributed by atoms with Crippen molar-refractivity contribution in [2.45, 2.75) is 12.8 Å². The van der Waals surface area contributed by atoms with Crippen molar-refractivity contribution in [1.82, 2.24) is 4.98 Å². The molecule has 1 aliphatic rings. The molecule has 7 heteroatoms. The third-order valence-corrected chi connectivity index (χ3v) is 4.45. The first-order chi connectivity index (χ1) is 13.1. The van der Waals surface area contributed by atoms with Crippen LogP contribution in [0.5, 0.6) is 0 Å². The number of benzene rings is 1. The lowest BCUT2D eigenvalue weighted by molar-refractivity contribution is -0.117. The van der Waals surface area contributed by atoms with Crippen LogP contribution in [-0.2, 0) is 4.79 Å². The molecule has 27 heavy (non-hydrogen) atoms. The molecular formula is C20H17N3O4. The molecule has 3 heterocycles. The lowest BCUT2D eigenvalue weighted by atomic mass is 10.2. The van der Waals surface area contributed by atoms with E-state index in [1.807, 2.05) is 0 Å². The molecule has 0 unspecified atom stereocenters. The van der Waals surface area contributed by atoms with Crippen molar-refractivity contribution in [2.24, 2.45) is 0 Å². The number of rotatable bonds is 4. The number of furan rings is 1. The average Bonchev–Trinajstić information content (AvgIpc) is 3.34. The van der Waals surface area contributed by atoms with Crippen molar-refractivity contribution in [1.29, 1.82) is 0 Å². The average molecular weight is 363 g/mol. The van der Waals surface area contributed by atoms with E-state index in [9.17, 15) is 14.4 Å². The van der Waals surface area contributed by atoms with Crippen LogP contribution in [0, 0.1) is 0 Å². The van der Waals surface area contributed by atoms with E-state index in [2.05, 4.69) is 10.3 Å². The van der Waals surface area contributed by atoms with Gasteiger partial charge < -0.3 is 19.6 Å². The fourth-order valence-electron chi connectivity index (χ4n) is 3.07. The summed E-state index contributed by atoms with van der Waals surface area (Å²) in [6.45, 7) is 0.710. The normalized spacial score (nSPS) is 13.8. The second-order valence-corrected chi connectivity index (χ2v) is 6.24. The maximum Gasteiger partial charge on any atom is 0.261 e. The highest BCUT2D eigenvalue weighted by Gasteiger charge is 2.21. The van der Waals surface area contributed by atoms with Crippen molar-refractivity contribution in [3.8, 4) is 11.5 Å². The van der Waals surface area contributed by atoms with Gasteiger partial charge in [0.25, 0.3) is 11.5 Å². The predicted octanol–water partition coefficient (Wildman–Crippen LogP) is 3.01. The summed E-state index contributed by atoms with van der Waals surface area (Å²) in [6.07, 6.45) is 2.93. The summed E-state index contributed by atoms with van der Waals surface area (Å²) in [7, 11) is 0. The summed E-state index contributed by atoms with van der Waals surface area (Å²) in [5, 5.41) is 2.70. The van der Waals surface area contributed by atoms with Crippen LogP contribution in [-0.4, -0.2) is 23.3 Å². The van der Waals surface area contributed by atoms with Crippen LogP contribution < -0.4 is 15.8 Å². The lowest BCUT2D eigenvalue weighted by Gasteiger charge is -2.16. The smallest absolute Gasteiger partial charge is 0.261 e. The van der Waals surface area contributed by atoms with Crippen LogP contribution in [0.4, 0.5) is 11.4 Å². The van der Waals surface area contributed by atoms with Gasteiger partial charge in [-0.2, -0.15) is 0 Å². The van der Waals surface area contributed by atoms with Gasteiger partial charge in [0.2, 0.25) is 5.91 Å². The number of pyridine rings is 1. The van der Waals surface area contributed by atoms with E-state index in [0.717, 1.165) is 12.1 Å². The first-order valence-corrected chi connectivity index (χ1v) is 8.61. The van der Waals surface area contributed by atoms with Crippen LogP contribution in [0.25, 0.3) is 11.5 Å². The summed E-state index contributed by atoms with van der Waals surface area (Å²) in [5.41, 5.74) is 1.35. The SMILES string of the molecule is O=C(Nc1ccc(N2CCCC2=O)cc1)c1ccc(-c2ccco2)[nH]c1=O. The Labute approximate surface area is 154 Å². The Hall–Kier alpha value is -3.61. The van der Waals surface area contributed by atoms with Crippen LogP contribution >= 0.6 is 0 Å². The third-order valence-electron chi connectivity index (χ3n) is 4.45. The molecule has 3 aromatic rings. The number of nitrogens with one attached hydrogen (secondary N) is 2. The fourth-order valence-corrected chi connectivity index (χ4v) is 3.07. The summed E-state index contributed by atoms with van der Waals surface area (Å²) in [6, 6.07) is 13.5. The number of hydrogen-bond acceptors (Lipinski definition) is 4. The highest BCUT2D eigenvalue weighted by molar-refractivity contribution is 6.04. The summed E-state index contributed by atoms with van der Waals surface area (Å²) >= 11 is 0. The maximum atomic E-state index is 12.4. The molecule has 0 atom stereocenters. The fraction of sp³-hybridized carbons (Fsp3) is 0.150. The van der Waals surface area contributed by atoms with E-state index in [-0.39, 0.29) is 11.5 Å². The number of carbonyl (C=O) groups is 2. The molecule has 0 saturated carbocycles. The molecule has 0 bridgehead atoms. The van der Waals surface area contributed by atoms with Gasteiger partial charge in [-0.05, 0) is 55.0 Å². The van der Waals surface area contributed by atoms with Gasteiger partial charge >= 0.3 is 0 Å². The van der Waals surface area contributed by atoms with Crippen molar-refractivity contribution in [3.05, 3.63) is 70.7 Å². The number of carbonyl (C=O) groups excluding carboxylic acids is 2. The molecule has 1 fully saturated rings. The minimum absolute atomic E-state index is 0.00380. The summed E-state index contributed by atoms with van der Waals surface area (Å²) in [5.74, 6) is 0.119. The lowest BCUT2D eigenvalue weighted by Crippen LogP contribution is -2.24. The van der Waals surface area contributed by atoms with E-state index in [4.69, 9.17) is 4.42 Å². The van der Waals surface area contributed by atoms with Gasteiger partial charge in [-0.1, -0.05) is 0 Å². The Morgan fingerprint density at radius 1 is 1.07 bits per heavy atom. The van der Waals surface area contributed by atoms with Gasteiger partial charge in [-0.15, -0.1) is 0 Å². The Morgan fingerprint density at radius 3 is 2.52 bits per heavy atom. The van der Waals surface area contributed by atoms with Gasteiger partial charge in [0.15, 0.2) is 0 Å². The van der Waals surface area contributed by atoms with Crippen LogP contribution in [0.2, 0.25) is 0 Å². The van der Waals surface area contributed by atoms with Crippen LogP contribution in [0.3, 0.4) is 0 Å². The van der Waals surface area contributed by atoms with E-state index < -0.39 is 11.5 Å². The zero-order valence-electron chi connectivity index (χ0n) is 14.4. The largest absolute Gasteiger partial charge is 0.463 e. The van der Waals surface area contributed by atoms with Gasteiger partial charge in [-0.3, -0.25) is 14.4 Å². The maximum absolute atomic E-state index is 12.4. The molecule has 1 saturated heterocycles. The Balaban J connectivity index is 1.49. The van der Waals surface area contributed by atoms with Gasteiger partial charge in [0.1, 0.15) is 11.3 Å². The molecule has 136 valence electrons. The molecule has 2 aromatic heterocycles. The van der Waals surface area contributed by atoms with Crippen molar-refractivity contribution in [2.75, 3.05) is 16.8 Å². The number of nitrogens with zero attached hydrogens (tertiary/aromatic N) is 1. The number of aromatic nitrogens is 1. The number of hydrogen-bond donors (Lipinski definition) is 2. The molecule has 4 rings (SSSR count). The standard InChI is InChI=1S/C20H17N3O4/c24-18-4-1-11-23(18)14-7-5-13(6-8-14)21-19(25)15-9-10-16(22-20(15)26)17-3-2-12-27-17/h2-3,5-10,12H,1,4,11H2,(H,21,25)(H,22,26). The molecule has 7 nitrogen and oxygen atoms in total.